The quantitative estimate of drug-likeness (QED) is 0.932. The largest absolute Gasteiger partial charge is 0.459 e. The second kappa shape index (κ2) is 5.85. The van der Waals surface area contributed by atoms with Crippen molar-refractivity contribution in [1.29, 1.82) is 0 Å². The summed E-state index contributed by atoms with van der Waals surface area (Å²) in [6, 6.07) is 8.41. The van der Waals surface area contributed by atoms with E-state index in [0.717, 1.165) is 47.4 Å². The van der Waals surface area contributed by atoms with Crippen LogP contribution in [-0.4, -0.2) is 43.1 Å². The van der Waals surface area contributed by atoms with E-state index in [1.165, 1.54) is 0 Å². The van der Waals surface area contributed by atoms with Crippen molar-refractivity contribution in [2.45, 2.75) is 13.0 Å². The highest BCUT2D eigenvalue weighted by atomic mass is 79.9. The summed E-state index contributed by atoms with van der Waals surface area (Å²) >= 11 is 3.49. The molecule has 1 atom stereocenters. The number of nitrogens with one attached hydrogen (secondary N) is 1. The zero-order valence-electron chi connectivity index (χ0n) is 11.9. The molecule has 1 aliphatic heterocycles. The van der Waals surface area contributed by atoms with Crippen LogP contribution in [0.1, 0.15) is 18.7 Å². The van der Waals surface area contributed by atoms with Crippen LogP contribution in [0.5, 0.6) is 0 Å². The standard InChI is InChI=1S/C15H20BrN3O/c1-11(17-19-7-5-18(2)6-8-19)15-10-12-9-13(16)3-4-14(12)20-15/h3-4,9-11,17H,5-8H2,1-2H3. The summed E-state index contributed by atoms with van der Waals surface area (Å²) in [5.74, 6) is 0.983. The van der Waals surface area contributed by atoms with E-state index in [2.05, 4.69) is 57.4 Å². The molecule has 2 heterocycles. The van der Waals surface area contributed by atoms with Gasteiger partial charge >= 0.3 is 0 Å². The van der Waals surface area contributed by atoms with E-state index >= 15 is 0 Å². The minimum absolute atomic E-state index is 0.185. The van der Waals surface area contributed by atoms with Gasteiger partial charge in [-0.25, -0.2) is 10.4 Å². The normalized spacial score (nSPS) is 19.6. The third-order valence-corrected chi connectivity index (χ3v) is 4.30. The molecule has 1 saturated heterocycles. The molecular formula is C15H20BrN3O. The number of fused-ring (bicyclic) bond motifs is 1. The Balaban J connectivity index is 1.70. The molecular weight excluding hydrogens is 318 g/mol. The summed E-state index contributed by atoms with van der Waals surface area (Å²) in [5, 5.41) is 3.43. The number of benzene rings is 1. The lowest BCUT2D eigenvalue weighted by Gasteiger charge is -2.34. The average Bonchev–Trinajstić information content (AvgIpc) is 2.84. The number of hydrogen-bond acceptors (Lipinski definition) is 4. The first-order valence-corrected chi connectivity index (χ1v) is 7.80. The maximum Gasteiger partial charge on any atom is 0.134 e. The van der Waals surface area contributed by atoms with Gasteiger partial charge in [0.1, 0.15) is 11.3 Å². The number of likely N-dealkylation sites (N-methyl/N-ethyl adjacent to an activating group) is 1. The topological polar surface area (TPSA) is 31.6 Å². The van der Waals surface area contributed by atoms with Crippen molar-refractivity contribution in [3.63, 3.8) is 0 Å². The fourth-order valence-electron chi connectivity index (χ4n) is 2.52. The summed E-state index contributed by atoms with van der Waals surface area (Å²) in [5.41, 5.74) is 4.47. The van der Waals surface area contributed by atoms with Crippen LogP contribution < -0.4 is 5.43 Å². The summed E-state index contributed by atoms with van der Waals surface area (Å²) in [4.78, 5) is 2.35. The Bertz CT molecular complexity index is 590. The van der Waals surface area contributed by atoms with Gasteiger partial charge in [0.2, 0.25) is 0 Å². The molecule has 108 valence electrons. The Morgan fingerprint density at radius 3 is 2.70 bits per heavy atom. The van der Waals surface area contributed by atoms with Crippen molar-refractivity contribution >= 4 is 26.9 Å². The lowest BCUT2D eigenvalue weighted by molar-refractivity contribution is 0.0860. The molecule has 1 aromatic carbocycles. The maximum atomic E-state index is 5.93. The van der Waals surface area contributed by atoms with Crippen LogP contribution in [0.3, 0.4) is 0 Å². The SMILES string of the molecule is CC(NN1CCN(C)CC1)c1cc2cc(Br)ccc2o1. The van der Waals surface area contributed by atoms with Crippen LogP contribution in [-0.2, 0) is 0 Å². The highest BCUT2D eigenvalue weighted by molar-refractivity contribution is 9.10. The minimum atomic E-state index is 0.185. The van der Waals surface area contributed by atoms with E-state index in [1.807, 2.05) is 12.1 Å². The van der Waals surface area contributed by atoms with Crippen LogP contribution in [0.25, 0.3) is 11.0 Å². The third kappa shape index (κ3) is 3.06. The monoisotopic (exact) mass is 337 g/mol. The number of hydrogen-bond donors (Lipinski definition) is 1. The van der Waals surface area contributed by atoms with Crippen LogP contribution in [0, 0.1) is 0 Å². The van der Waals surface area contributed by atoms with Crippen LogP contribution in [0.4, 0.5) is 0 Å². The van der Waals surface area contributed by atoms with Gasteiger partial charge in [-0.3, -0.25) is 0 Å². The number of rotatable bonds is 3. The average molecular weight is 338 g/mol. The third-order valence-electron chi connectivity index (χ3n) is 3.80. The van der Waals surface area contributed by atoms with E-state index in [1.54, 1.807) is 0 Å². The molecule has 20 heavy (non-hydrogen) atoms. The van der Waals surface area contributed by atoms with Gasteiger partial charge in [-0.15, -0.1) is 0 Å². The molecule has 0 radical (unpaired) electrons. The first-order chi connectivity index (χ1) is 9.61. The van der Waals surface area contributed by atoms with Gasteiger partial charge in [0.25, 0.3) is 0 Å². The highest BCUT2D eigenvalue weighted by Gasteiger charge is 2.18. The van der Waals surface area contributed by atoms with Gasteiger partial charge in [-0.05, 0) is 38.2 Å². The zero-order valence-corrected chi connectivity index (χ0v) is 13.5. The summed E-state index contributed by atoms with van der Waals surface area (Å²) in [7, 11) is 2.16. The molecule has 1 aliphatic rings. The number of hydrazine groups is 1. The Labute approximate surface area is 127 Å². The maximum absolute atomic E-state index is 5.93. The number of piperazine rings is 1. The molecule has 0 bridgehead atoms. The summed E-state index contributed by atoms with van der Waals surface area (Å²) < 4.78 is 7.01. The number of nitrogens with zero attached hydrogens (tertiary/aromatic N) is 2. The lowest BCUT2D eigenvalue weighted by atomic mass is 10.2. The van der Waals surface area contributed by atoms with Gasteiger partial charge in [0.15, 0.2) is 0 Å². The molecule has 3 rings (SSSR count). The number of furan rings is 1. The minimum Gasteiger partial charge on any atom is -0.459 e. The van der Waals surface area contributed by atoms with Crippen molar-refractivity contribution in [3.05, 3.63) is 34.5 Å². The van der Waals surface area contributed by atoms with Crippen molar-refractivity contribution < 1.29 is 4.42 Å². The van der Waals surface area contributed by atoms with Crippen LogP contribution in [0.2, 0.25) is 0 Å². The highest BCUT2D eigenvalue weighted by Crippen LogP contribution is 2.26. The van der Waals surface area contributed by atoms with E-state index < -0.39 is 0 Å². The lowest BCUT2D eigenvalue weighted by Crippen LogP contribution is -2.51. The first-order valence-electron chi connectivity index (χ1n) is 7.00. The number of halogens is 1. The van der Waals surface area contributed by atoms with Crippen molar-refractivity contribution in [2.75, 3.05) is 33.2 Å². The van der Waals surface area contributed by atoms with Crippen molar-refractivity contribution in [3.8, 4) is 0 Å². The fraction of sp³-hybridized carbons (Fsp3) is 0.467. The Morgan fingerprint density at radius 1 is 1.20 bits per heavy atom. The van der Waals surface area contributed by atoms with Gasteiger partial charge in [-0.1, -0.05) is 15.9 Å². The van der Waals surface area contributed by atoms with Gasteiger partial charge in [0.05, 0.1) is 6.04 Å². The molecule has 0 aliphatic carbocycles. The summed E-state index contributed by atoms with van der Waals surface area (Å²) in [6.07, 6.45) is 0. The Kier molecular flexibility index (Phi) is 4.12. The van der Waals surface area contributed by atoms with Gasteiger partial charge in [-0.2, -0.15) is 0 Å². The molecule has 0 spiro atoms. The molecule has 2 aromatic rings. The smallest absolute Gasteiger partial charge is 0.134 e. The molecule has 1 N–H and O–H groups in total. The molecule has 1 aromatic heterocycles. The summed E-state index contributed by atoms with van der Waals surface area (Å²) in [6.45, 7) is 6.45. The van der Waals surface area contributed by atoms with E-state index in [9.17, 15) is 0 Å². The Morgan fingerprint density at radius 2 is 1.95 bits per heavy atom. The van der Waals surface area contributed by atoms with E-state index in [4.69, 9.17) is 4.42 Å². The van der Waals surface area contributed by atoms with Crippen molar-refractivity contribution in [2.24, 2.45) is 0 Å². The second-order valence-electron chi connectivity index (χ2n) is 5.47. The predicted octanol–water partition coefficient (Wildman–Crippen LogP) is 3.01. The molecule has 5 heteroatoms. The predicted molar refractivity (Wildman–Crippen MR) is 84.5 cm³/mol. The van der Waals surface area contributed by atoms with Crippen LogP contribution >= 0.6 is 15.9 Å². The molecule has 0 amide bonds. The Hall–Kier alpha value is -0.880. The van der Waals surface area contributed by atoms with Gasteiger partial charge < -0.3 is 9.32 Å². The second-order valence-corrected chi connectivity index (χ2v) is 6.39. The molecule has 1 fully saturated rings. The molecule has 1 unspecified atom stereocenters. The van der Waals surface area contributed by atoms with Crippen LogP contribution in [0.15, 0.2) is 33.2 Å². The van der Waals surface area contributed by atoms with E-state index in [-0.39, 0.29) is 6.04 Å². The fourth-order valence-corrected chi connectivity index (χ4v) is 2.90. The van der Waals surface area contributed by atoms with E-state index in [0.29, 0.717) is 0 Å². The van der Waals surface area contributed by atoms with Gasteiger partial charge in [0, 0.05) is 36.0 Å². The molecule has 4 nitrogen and oxygen atoms in total. The molecule has 0 saturated carbocycles. The van der Waals surface area contributed by atoms with Crippen molar-refractivity contribution in [1.82, 2.24) is 15.3 Å². The first kappa shape index (κ1) is 14.1. The zero-order chi connectivity index (χ0) is 14.1.